The van der Waals surface area contributed by atoms with Gasteiger partial charge in [-0.1, -0.05) is 53.7 Å². The summed E-state index contributed by atoms with van der Waals surface area (Å²) in [6.45, 7) is 0.182. The van der Waals surface area contributed by atoms with Gasteiger partial charge in [-0.05, 0) is 24.3 Å². The number of nitriles is 1. The number of benzene rings is 2. The molecule has 2 aromatic carbocycles. The van der Waals surface area contributed by atoms with Crippen LogP contribution in [0, 0.1) is 11.3 Å². The average Bonchev–Trinajstić information content (AvgIpc) is 3.40. The average molecular weight is 480 g/mol. The summed E-state index contributed by atoms with van der Waals surface area (Å²) in [7, 11) is 1.80. The summed E-state index contributed by atoms with van der Waals surface area (Å²) in [5.74, 6) is 1.24. The largest absolute Gasteiger partial charge is 0.484 e. The van der Waals surface area contributed by atoms with Crippen molar-refractivity contribution < 1.29 is 9.53 Å². The van der Waals surface area contributed by atoms with E-state index in [1.165, 1.54) is 22.6 Å². The predicted octanol–water partition coefficient (Wildman–Crippen LogP) is 3.84. The molecule has 0 spiro atoms. The molecule has 0 bridgehead atoms. The van der Waals surface area contributed by atoms with Gasteiger partial charge in [-0.25, -0.2) is 4.68 Å². The van der Waals surface area contributed by atoms with Crippen LogP contribution in [0.15, 0.2) is 66.0 Å². The molecule has 0 unspecified atom stereocenters. The summed E-state index contributed by atoms with van der Waals surface area (Å²) in [4.78, 5) is 12.6. The Morgan fingerprint density at radius 2 is 1.94 bits per heavy atom. The fourth-order valence-corrected chi connectivity index (χ4v) is 3.83. The van der Waals surface area contributed by atoms with E-state index in [1.807, 2.05) is 42.5 Å². The van der Waals surface area contributed by atoms with Crippen LogP contribution in [-0.2, 0) is 18.4 Å². The third kappa shape index (κ3) is 5.16. The number of ether oxygens (including phenoxy) is 1. The van der Waals surface area contributed by atoms with E-state index in [1.54, 1.807) is 23.7 Å². The van der Waals surface area contributed by atoms with Crippen LogP contribution < -0.4 is 10.1 Å². The second-order valence-corrected chi connectivity index (χ2v) is 8.13. The van der Waals surface area contributed by atoms with Crippen LogP contribution in [0.5, 0.6) is 5.75 Å². The molecule has 2 aromatic heterocycles. The molecule has 4 rings (SSSR count). The first-order chi connectivity index (χ1) is 16.1. The number of rotatable bonds is 8. The van der Waals surface area contributed by atoms with Crippen molar-refractivity contribution in [3.63, 3.8) is 0 Å². The lowest BCUT2D eigenvalue weighted by atomic mass is 10.3. The van der Waals surface area contributed by atoms with Gasteiger partial charge in [0, 0.05) is 7.05 Å². The number of para-hydroxylation sites is 2. The quantitative estimate of drug-likeness (QED) is 0.382. The van der Waals surface area contributed by atoms with Gasteiger partial charge in [-0.3, -0.25) is 4.79 Å². The van der Waals surface area contributed by atoms with E-state index in [2.05, 4.69) is 26.7 Å². The van der Waals surface area contributed by atoms with Gasteiger partial charge in [0.1, 0.15) is 24.0 Å². The lowest BCUT2D eigenvalue weighted by Crippen LogP contribution is -2.18. The van der Waals surface area contributed by atoms with Crippen molar-refractivity contribution >= 4 is 35.1 Å². The Labute approximate surface area is 199 Å². The third-order valence-corrected chi connectivity index (χ3v) is 5.93. The van der Waals surface area contributed by atoms with E-state index in [9.17, 15) is 10.1 Å². The maximum absolute atomic E-state index is 12.6. The maximum Gasteiger partial charge on any atom is 0.236 e. The lowest BCUT2D eigenvalue weighted by Gasteiger charge is -2.10. The Kier molecular flexibility index (Phi) is 6.92. The highest BCUT2D eigenvalue weighted by Gasteiger charge is 2.17. The highest BCUT2D eigenvalue weighted by atomic mass is 35.5. The molecule has 2 heterocycles. The van der Waals surface area contributed by atoms with Gasteiger partial charge in [-0.2, -0.15) is 10.4 Å². The molecule has 0 aliphatic heterocycles. The van der Waals surface area contributed by atoms with E-state index in [-0.39, 0.29) is 23.8 Å². The summed E-state index contributed by atoms with van der Waals surface area (Å²) in [6, 6.07) is 18.5. The van der Waals surface area contributed by atoms with Crippen LogP contribution in [0.3, 0.4) is 0 Å². The van der Waals surface area contributed by atoms with E-state index in [0.717, 1.165) is 5.69 Å². The zero-order valence-corrected chi connectivity index (χ0v) is 19.0. The standard InChI is InChI=1S/C22H18ClN7O2S/c1-29-19(13-32-18-10-6-5-9-17(18)23)27-28-22(29)33-14-20(31)26-21-15(11-24)12-25-30(21)16-7-3-2-4-8-16/h2-10,12H,13-14H2,1H3,(H,26,31). The van der Waals surface area contributed by atoms with Crippen LogP contribution in [0.25, 0.3) is 5.69 Å². The van der Waals surface area contributed by atoms with Crippen molar-refractivity contribution in [1.82, 2.24) is 24.5 Å². The smallest absolute Gasteiger partial charge is 0.236 e. The summed E-state index contributed by atoms with van der Waals surface area (Å²) in [6.07, 6.45) is 1.42. The summed E-state index contributed by atoms with van der Waals surface area (Å²) in [5, 5.41) is 25.7. The number of aromatic nitrogens is 5. The zero-order chi connectivity index (χ0) is 23.2. The fourth-order valence-electron chi connectivity index (χ4n) is 2.91. The second-order valence-electron chi connectivity index (χ2n) is 6.78. The molecule has 0 saturated heterocycles. The summed E-state index contributed by atoms with van der Waals surface area (Å²) in [5.41, 5.74) is 1.01. The maximum atomic E-state index is 12.6. The summed E-state index contributed by atoms with van der Waals surface area (Å²) >= 11 is 7.33. The zero-order valence-electron chi connectivity index (χ0n) is 17.5. The summed E-state index contributed by atoms with van der Waals surface area (Å²) < 4.78 is 8.98. The minimum absolute atomic E-state index is 0.0716. The van der Waals surface area contributed by atoms with Crippen LogP contribution in [0.4, 0.5) is 5.82 Å². The van der Waals surface area contributed by atoms with E-state index >= 15 is 0 Å². The highest BCUT2D eigenvalue weighted by molar-refractivity contribution is 7.99. The lowest BCUT2D eigenvalue weighted by molar-refractivity contribution is -0.113. The number of carbonyl (C=O) groups is 1. The molecule has 4 aromatic rings. The van der Waals surface area contributed by atoms with Crippen molar-refractivity contribution in [2.24, 2.45) is 7.05 Å². The van der Waals surface area contributed by atoms with E-state index < -0.39 is 0 Å². The minimum atomic E-state index is -0.300. The molecule has 1 N–H and O–H groups in total. The van der Waals surface area contributed by atoms with Gasteiger partial charge in [0.2, 0.25) is 5.91 Å². The second kappa shape index (κ2) is 10.2. The number of thioether (sulfide) groups is 1. The molecular weight excluding hydrogens is 462 g/mol. The Bertz CT molecular complexity index is 1310. The molecule has 0 radical (unpaired) electrons. The molecule has 11 heteroatoms. The van der Waals surface area contributed by atoms with Gasteiger partial charge in [0.05, 0.1) is 22.7 Å². The molecule has 0 aliphatic rings. The molecule has 0 atom stereocenters. The molecule has 0 fully saturated rings. The highest BCUT2D eigenvalue weighted by Crippen LogP contribution is 2.25. The van der Waals surface area contributed by atoms with Crippen LogP contribution in [0.2, 0.25) is 5.02 Å². The first-order valence-corrected chi connectivity index (χ1v) is 11.1. The van der Waals surface area contributed by atoms with Crippen molar-refractivity contribution in [2.45, 2.75) is 11.8 Å². The molecule has 9 nitrogen and oxygen atoms in total. The van der Waals surface area contributed by atoms with Crippen molar-refractivity contribution in [3.05, 3.63) is 77.2 Å². The molecular formula is C22H18ClN7O2S. The SMILES string of the molecule is Cn1c(COc2ccccc2Cl)nnc1SCC(=O)Nc1c(C#N)cnn1-c1ccccc1. The van der Waals surface area contributed by atoms with Gasteiger partial charge in [0.15, 0.2) is 16.8 Å². The predicted molar refractivity (Wildman–Crippen MR) is 124 cm³/mol. The fraction of sp³-hybridized carbons (Fsp3) is 0.136. The molecule has 166 valence electrons. The number of amides is 1. The third-order valence-electron chi connectivity index (χ3n) is 4.60. The number of anilines is 1. The number of hydrogen-bond donors (Lipinski definition) is 1. The number of halogens is 1. The first kappa shape index (κ1) is 22.4. The molecule has 33 heavy (non-hydrogen) atoms. The Hall–Kier alpha value is -3.81. The van der Waals surface area contributed by atoms with Gasteiger partial charge in [0.25, 0.3) is 0 Å². The van der Waals surface area contributed by atoms with Crippen LogP contribution >= 0.6 is 23.4 Å². The van der Waals surface area contributed by atoms with Crippen molar-refractivity contribution in [1.29, 1.82) is 5.26 Å². The van der Waals surface area contributed by atoms with Crippen LogP contribution in [-0.4, -0.2) is 36.2 Å². The molecule has 1 amide bonds. The number of hydrogen-bond acceptors (Lipinski definition) is 7. The van der Waals surface area contributed by atoms with Gasteiger partial charge >= 0.3 is 0 Å². The Morgan fingerprint density at radius 3 is 2.70 bits per heavy atom. The van der Waals surface area contributed by atoms with Crippen molar-refractivity contribution in [2.75, 3.05) is 11.1 Å². The van der Waals surface area contributed by atoms with Crippen LogP contribution in [0.1, 0.15) is 11.4 Å². The minimum Gasteiger partial charge on any atom is -0.484 e. The van der Waals surface area contributed by atoms with E-state index in [4.69, 9.17) is 16.3 Å². The Balaban J connectivity index is 1.39. The number of nitrogens with zero attached hydrogens (tertiary/aromatic N) is 6. The van der Waals surface area contributed by atoms with E-state index in [0.29, 0.717) is 27.6 Å². The van der Waals surface area contributed by atoms with Gasteiger partial charge < -0.3 is 14.6 Å². The topological polar surface area (TPSA) is 111 Å². The molecule has 0 aliphatic carbocycles. The molecule has 0 saturated carbocycles. The number of nitrogens with one attached hydrogen (secondary N) is 1. The van der Waals surface area contributed by atoms with Crippen molar-refractivity contribution in [3.8, 4) is 17.5 Å². The van der Waals surface area contributed by atoms with Gasteiger partial charge in [-0.15, -0.1) is 10.2 Å². The first-order valence-electron chi connectivity index (χ1n) is 9.78. The normalized spacial score (nSPS) is 10.6. The number of carbonyl (C=O) groups excluding carboxylic acids is 1. The monoisotopic (exact) mass is 479 g/mol. The Morgan fingerprint density at radius 1 is 1.18 bits per heavy atom.